The third-order valence-corrected chi connectivity index (χ3v) is 4.30. The molecule has 1 aromatic heterocycles. The number of nitrogens with one attached hydrogen (secondary N) is 1. The summed E-state index contributed by atoms with van der Waals surface area (Å²) in [5, 5.41) is 2.84. The van der Waals surface area contributed by atoms with Gasteiger partial charge in [0.2, 0.25) is 5.28 Å². The van der Waals surface area contributed by atoms with Crippen molar-refractivity contribution in [2.75, 3.05) is 18.4 Å². The lowest BCUT2D eigenvalue weighted by atomic mass is 10.0. The molecule has 3 rings (SSSR count). The molecule has 1 aliphatic heterocycles. The third-order valence-electron chi connectivity index (χ3n) is 4.12. The first-order valence-corrected chi connectivity index (χ1v) is 8.71. The van der Waals surface area contributed by atoms with Gasteiger partial charge in [-0.2, -0.15) is 0 Å². The Hall–Kier alpha value is -2.25. The van der Waals surface area contributed by atoms with Crippen LogP contribution in [0.3, 0.4) is 0 Å². The topological polar surface area (TPSA) is 67.4 Å². The average molecular weight is 379 g/mol. The molecule has 1 aliphatic rings. The molecule has 26 heavy (non-hydrogen) atoms. The van der Waals surface area contributed by atoms with Crippen LogP contribution in [0.5, 0.6) is 0 Å². The van der Waals surface area contributed by atoms with Gasteiger partial charge in [-0.05, 0) is 56.1 Å². The molecule has 1 aromatic carbocycles. The first-order valence-electron chi connectivity index (χ1n) is 8.34. The lowest BCUT2D eigenvalue weighted by Crippen LogP contribution is -2.56. The Balaban J connectivity index is 1.76. The monoisotopic (exact) mass is 378 g/mol. The Morgan fingerprint density at radius 2 is 2.15 bits per heavy atom. The van der Waals surface area contributed by atoms with Crippen molar-refractivity contribution >= 4 is 23.3 Å². The number of carbonyl (C=O) groups is 1. The fraction of sp³-hybridized carbons (Fsp3) is 0.389. The Bertz CT molecular complexity index is 825. The van der Waals surface area contributed by atoms with E-state index in [-0.39, 0.29) is 23.5 Å². The van der Waals surface area contributed by atoms with Crippen molar-refractivity contribution in [3.8, 4) is 11.3 Å². The second-order valence-electron chi connectivity index (χ2n) is 6.48. The molecule has 6 nitrogen and oxygen atoms in total. The van der Waals surface area contributed by atoms with Gasteiger partial charge in [0.25, 0.3) is 0 Å². The number of hydrogen-bond donors (Lipinski definition) is 1. The van der Waals surface area contributed by atoms with Crippen molar-refractivity contribution in [1.82, 2.24) is 14.9 Å². The van der Waals surface area contributed by atoms with Gasteiger partial charge in [0.1, 0.15) is 5.82 Å². The van der Waals surface area contributed by atoms with Crippen LogP contribution < -0.4 is 5.32 Å². The van der Waals surface area contributed by atoms with E-state index in [2.05, 4.69) is 15.3 Å². The smallest absolute Gasteiger partial charge is 0.322 e. The van der Waals surface area contributed by atoms with E-state index in [0.29, 0.717) is 35.6 Å². The summed E-state index contributed by atoms with van der Waals surface area (Å²) in [6.07, 6.45) is 1.67. The summed E-state index contributed by atoms with van der Waals surface area (Å²) in [4.78, 5) is 21.9. The SMILES string of the molecule is Cc1c(NC(=O)N2CC(OC(C)C)C2)cc(F)cc1-c1ccnc(Cl)n1. The summed E-state index contributed by atoms with van der Waals surface area (Å²) in [7, 11) is 0. The van der Waals surface area contributed by atoms with Crippen LogP contribution in [0.15, 0.2) is 24.4 Å². The summed E-state index contributed by atoms with van der Waals surface area (Å²) in [6.45, 7) is 6.75. The van der Waals surface area contributed by atoms with Gasteiger partial charge in [-0.3, -0.25) is 0 Å². The number of aromatic nitrogens is 2. The lowest BCUT2D eigenvalue weighted by molar-refractivity contribution is -0.0624. The summed E-state index contributed by atoms with van der Waals surface area (Å²) in [5.41, 5.74) is 2.14. The second kappa shape index (κ2) is 7.55. The molecule has 0 spiro atoms. The van der Waals surface area contributed by atoms with E-state index >= 15 is 0 Å². The molecule has 8 heteroatoms. The lowest BCUT2D eigenvalue weighted by Gasteiger charge is -2.39. The van der Waals surface area contributed by atoms with E-state index in [1.54, 1.807) is 17.9 Å². The van der Waals surface area contributed by atoms with Crippen LogP contribution in [-0.4, -0.2) is 46.2 Å². The first kappa shape index (κ1) is 18.5. The van der Waals surface area contributed by atoms with Gasteiger partial charge in [-0.1, -0.05) is 0 Å². The van der Waals surface area contributed by atoms with Crippen LogP contribution in [0, 0.1) is 12.7 Å². The maximum atomic E-state index is 14.1. The zero-order valence-corrected chi connectivity index (χ0v) is 15.5. The minimum Gasteiger partial charge on any atom is -0.372 e. The van der Waals surface area contributed by atoms with E-state index in [0.717, 1.165) is 0 Å². The molecule has 0 saturated carbocycles. The number of anilines is 1. The molecule has 2 heterocycles. The number of nitrogens with zero attached hydrogens (tertiary/aromatic N) is 3. The minimum atomic E-state index is -0.472. The molecule has 2 aromatic rings. The number of halogens is 2. The van der Waals surface area contributed by atoms with Gasteiger partial charge < -0.3 is 15.0 Å². The maximum absolute atomic E-state index is 14.1. The molecule has 138 valence electrons. The number of urea groups is 1. The van der Waals surface area contributed by atoms with Crippen LogP contribution >= 0.6 is 11.6 Å². The number of likely N-dealkylation sites (tertiary alicyclic amines) is 1. The largest absolute Gasteiger partial charge is 0.372 e. The average Bonchev–Trinajstić information content (AvgIpc) is 2.53. The van der Waals surface area contributed by atoms with Gasteiger partial charge >= 0.3 is 6.03 Å². The minimum absolute atomic E-state index is 0.0491. The molecule has 1 fully saturated rings. The van der Waals surface area contributed by atoms with Crippen molar-refractivity contribution in [2.45, 2.75) is 33.0 Å². The van der Waals surface area contributed by atoms with Crippen LogP contribution in [-0.2, 0) is 4.74 Å². The van der Waals surface area contributed by atoms with Gasteiger partial charge in [-0.25, -0.2) is 19.2 Å². The predicted molar refractivity (Wildman–Crippen MR) is 97.8 cm³/mol. The highest BCUT2D eigenvalue weighted by Crippen LogP contribution is 2.30. The number of benzene rings is 1. The molecule has 0 unspecified atom stereocenters. The zero-order chi connectivity index (χ0) is 18.8. The van der Waals surface area contributed by atoms with E-state index in [1.165, 1.54) is 18.3 Å². The molecule has 1 N–H and O–H groups in total. The molecular weight excluding hydrogens is 359 g/mol. The highest BCUT2D eigenvalue weighted by Gasteiger charge is 2.32. The zero-order valence-electron chi connectivity index (χ0n) is 14.8. The fourth-order valence-electron chi connectivity index (χ4n) is 2.83. The quantitative estimate of drug-likeness (QED) is 0.820. The number of amides is 2. The van der Waals surface area contributed by atoms with Crippen LogP contribution in [0.4, 0.5) is 14.9 Å². The fourth-order valence-corrected chi connectivity index (χ4v) is 2.98. The van der Waals surface area contributed by atoms with Crippen LogP contribution in [0.25, 0.3) is 11.3 Å². The predicted octanol–water partition coefficient (Wildman–Crippen LogP) is 3.89. The van der Waals surface area contributed by atoms with Crippen LogP contribution in [0.1, 0.15) is 19.4 Å². The summed E-state index contributed by atoms with van der Waals surface area (Å²) >= 11 is 5.82. The van der Waals surface area contributed by atoms with Gasteiger partial charge in [-0.15, -0.1) is 0 Å². The molecule has 1 saturated heterocycles. The Labute approximate surface area is 156 Å². The van der Waals surface area contributed by atoms with Gasteiger partial charge in [0.15, 0.2) is 0 Å². The van der Waals surface area contributed by atoms with E-state index in [9.17, 15) is 9.18 Å². The highest BCUT2D eigenvalue weighted by atomic mass is 35.5. The third kappa shape index (κ3) is 4.11. The van der Waals surface area contributed by atoms with Crippen LogP contribution in [0.2, 0.25) is 5.28 Å². The number of hydrogen-bond acceptors (Lipinski definition) is 4. The number of carbonyl (C=O) groups excluding carboxylic acids is 1. The van der Waals surface area contributed by atoms with E-state index in [1.807, 2.05) is 13.8 Å². The Morgan fingerprint density at radius 1 is 1.42 bits per heavy atom. The van der Waals surface area contributed by atoms with Crippen molar-refractivity contribution in [3.63, 3.8) is 0 Å². The molecule has 0 radical (unpaired) electrons. The van der Waals surface area contributed by atoms with Crippen molar-refractivity contribution in [3.05, 3.63) is 41.1 Å². The summed E-state index contributed by atoms with van der Waals surface area (Å²) in [6, 6.07) is 4.01. The van der Waals surface area contributed by atoms with Crippen molar-refractivity contribution < 1.29 is 13.9 Å². The first-order chi connectivity index (χ1) is 12.3. The summed E-state index contributed by atoms with van der Waals surface area (Å²) < 4.78 is 19.7. The standard InChI is InChI=1S/C18H20ClFN4O2/c1-10(2)26-13-8-24(9-13)18(25)23-16-7-12(20)6-14(11(16)3)15-4-5-21-17(19)22-15/h4-7,10,13H,8-9H2,1-3H3,(H,23,25). The number of ether oxygens (including phenoxy) is 1. The molecular formula is C18H20ClFN4O2. The molecule has 0 bridgehead atoms. The van der Waals surface area contributed by atoms with Crippen molar-refractivity contribution in [1.29, 1.82) is 0 Å². The van der Waals surface area contributed by atoms with Crippen molar-refractivity contribution in [2.24, 2.45) is 0 Å². The number of rotatable bonds is 4. The highest BCUT2D eigenvalue weighted by molar-refractivity contribution is 6.28. The van der Waals surface area contributed by atoms with Gasteiger partial charge in [0, 0.05) is 17.4 Å². The second-order valence-corrected chi connectivity index (χ2v) is 6.82. The molecule has 2 amide bonds. The normalized spacial score (nSPS) is 14.5. The molecule has 0 aliphatic carbocycles. The van der Waals surface area contributed by atoms with Gasteiger partial charge in [0.05, 0.1) is 31.0 Å². The Kier molecular flexibility index (Phi) is 5.38. The van der Waals surface area contributed by atoms with E-state index in [4.69, 9.17) is 16.3 Å². The maximum Gasteiger partial charge on any atom is 0.322 e. The molecule has 0 atom stereocenters. The summed E-state index contributed by atoms with van der Waals surface area (Å²) in [5.74, 6) is -0.472. The van der Waals surface area contributed by atoms with E-state index < -0.39 is 5.82 Å². The Morgan fingerprint density at radius 3 is 2.81 bits per heavy atom.